The van der Waals surface area contributed by atoms with Crippen LogP contribution in [0.5, 0.6) is 0 Å². The van der Waals surface area contributed by atoms with Gasteiger partial charge in [-0.2, -0.15) is 0 Å². The van der Waals surface area contributed by atoms with Crippen LogP contribution in [0.15, 0.2) is 30.5 Å². The van der Waals surface area contributed by atoms with Crippen LogP contribution in [0.25, 0.3) is 0 Å². The molecule has 1 fully saturated rings. The van der Waals surface area contributed by atoms with Crippen molar-refractivity contribution in [3.05, 3.63) is 51.7 Å². The van der Waals surface area contributed by atoms with Crippen molar-refractivity contribution < 1.29 is 13.9 Å². The van der Waals surface area contributed by atoms with Crippen molar-refractivity contribution in [1.29, 1.82) is 0 Å². The molecular weight excluding hydrogens is 303 g/mol. The van der Waals surface area contributed by atoms with E-state index in [4.69, 9.17) is 4.74 Å². The fourth-order valence-corrected chi connectivity index (χ4v) is 3.27. The number of hydrogen-bond acceptors (Lipinski definition) is 4. The van der Waals surface area contributed by atoms with Gasteiger partial charge in [-0.15, -0.1) is 11.3 Å². The Kier molecular flexibility index (Phi) is 4.49. The summed E-state index contributed by atoms with van der Waals surface area (Å²) < 4.78 is 18.7. The third kappa shape index (κ3) is 3.18. The van der Waals surface area contributed by atoms with Gasteiger partial charge in [0.15, 0.2) is 0 Å². The lowest BCUT2D eigenvalue weighted by Gasteiger charge is -2.32. The Labute approximate surface area is 132 Å². The van der Waals surface area contributed by atoms with Gasteiger partial charge in [-0.3, -0.25) is 4.79 Å². The molecule has 0 N–H and O–H groups in total. The van der Waals surface area contributed by atoms with E-state index in [1.165, 1.54) is 23.5 Å². The topological polar surface area (TPSA) is 42.4 Å². The molecule has 3 rings (SSSR count). The average molecular weight is 320 g/mol. The molecule has 116 valence electrons. The number of thiazole rings is 1. The molecule has 22 heavy (non-hydrogen) atoms. The first-order valence-corrected chi connectivity index (χ1v) is 8.10. The number of carbonyl (C=O) groups excluding carboxylic acids is 1. The van der Waals surface area contributed by atoms with Gasteiger partial charge in [0, 0.05) is 6.54 Å². The zero-order chi connectivity index (χ0) is 15.5. The second-order valence-electron chi connectivity index (χ2n) is 5.13. The first-order chi connectivity index (χ1) is 10.7. The molecule has 1 aromatic heterocycles. The van der Waals surface area contributed by atoms with Crippen LogP contribution in [0.4, 0.5) is 4.39 Å². The summed E-state index contributed by atoms with van der Waals surface area (Å²) >= 11 is 1.44. The van der Waals surface area contributed by atoms with Gasteiger partial charge >= 0.3 is 0 Å². The Balaban J connectivity index is 1.72. The molecule has 1 atom stereocenters. The largest absolute Gasteiger partial charge is 0.370 e. The van der Waals surface area contributed by atoms with Crippen LogP contribution in [0, 0.1) is 5.82 Å². The number of carbonyl (C=O) groups is 1. The Hall–Kier alpha value is -1.79. The lowest BCUT2D eigenvalue weighted by molar-refractivity contribution is -0.0226. The third-order valence-corrected chi connectivity index (χ3v) is 4.79. The highest BCUT2D eigenvalue weighted by Gasteiger charge is 2.27. The summed E-state index contributed by atoms with van der Waals surface area (Å²) in [5.41, 5.74) is 0.887. The summed E-state index contributed by atoms with van der Waals surface area (Å²) in [6.45, 7) is 3.54. The summed E-state index contributed by atoms with van der Waals surface area (Å²) in [5, 5.41) is 0.965. The van der Waals surface area contributed by atoms with E-state index in [0.717, 1.165) is 17.0 Å². The molecule has 0 bridgehead atoms. The SMILES string of the molecule is CCc1ncc(C(=O)N2CCO[C@@H](c3ccc(F)cc3)C2)s1. The maximum Gasteiger partial charge on any atom is 0.265 e. The number of aromatic nitrogens is 1. The first-order valence-electron chi connectivity index (χ1n) is 7.28. The molecule has 1 aliphatic rings. The van der Waals surface area contributed by atoms with E-state index < -0.39 is 0 Å². The molecule has 0 saturated carbocycles. The average Bonchev–Trinajstić information content (AvgIpc) is 3.04. The van der Waals surface area contributed by atoms with Gasteiger partial charge in [0.2, 0.25) is 0 Å². The number of morpholine rings is 1. The van der Waals surface area contributed by atoms with Crippen molar-refractivity contribution in [2.24, 2.45) is 0 Å². The van der Waals surface area contributed by atoms with E-state index >= 15 is 0 Å². The van der Waals surface area contributed by atoms with Crippen molar-refractivity contribution >= 4 is 17.2 Å². The van der Waals surface area contributed by atoms with Crippen molar-refractivity contribution in [2.75, 3.05) is 19.7 Å². The summed E-state index contributed by atoms with van der Waals surface area (Å²) in [7, 11) is 0. The second-order valence-corrected chi connectivity index (χ2v) is 6.25. The predicted molar refractivity (Wildman–Crippen MR) is 82.5 cm³/mol. The summed E-state index contributed by atoms with van der Waals surface area (Å²) in [6, 6.07) is 6.23. The quantitative estimate of drug-likeness (QED) is 0.873. The van der Waals surface area contributed by atoms with Gasteiger partial charge in [-0.25, -0.2) is 9.37 Å². The normalized spacial score (nSPS) is 18.5. The number of halogens is 1. The highest BCUT2D eigenvalue weighted by Crippen LogP contribution is 2.24. The van der Waals surface area contributed by atoms with Gasteiger partial charge in [0.1, 0.15) is 16.8 Å². The summed E-state index contributed by atoms with van der Waals surface area (Å²) in [5.74, 6) is -0.281. The number of benzene rings is 1. The number of hydrogen-bond donors (Lipinski definition) is 0. The van der Waals surface area contributed by atoms with Crippen molar-refractivity contribution in [1.82, 2.24) is 9.88 Å². The van der Waals surface area contributed by atoms with E-state index in [9.17, 15) is 9.18 Å². The number of nitrogens with zero attached hydrogens (tertiary/aromatic N) is 2. The van der Waals surface area contributed by atoms with Crippen molar-refractivity contribution in [3.63, 3.8) is 0 Å². The van der Waals surface area contributed by atoms with Gasteiger partial charge in [-0.1, -0.05) is 19.1 Å². The molecule has 6 heteroatoms. The van der Waals surface area contributed by atoms with Crippen LogP contribution in [0.2, 0.25) is 0 Å². The molecule has 0 unspecified atom stereocenters. The molecule has 0 radical (unpaired) electrons. The van der Waals surface area contributed by atoms with E-state index in [1.807, 2.05) is 6.92 Å². The zero-order valence-electron chi connectivity index (χ0n) is 12.3. The Morgan fingerprint density at radius 1 is 1.45 bits per heavy atom. The van der Waals surface area contributed by atoms with E-state index in [0.29, 0.717) is 24.6 Å². The van der Waals surface area contributed by atoms with Gasteiger partial charge in [0.05, 0.1) is 24.4 Å². The highest BCUT2D eigenvalue weighted by atomic mass is 32.1. The van der Waals surface area contributed by atoms with Crippen molar-refractivity contribution in [3.8, 4) is 0 Å². The maximum atomic E-state index is 13.0. The van der Waals surface area contributed by atoms with Crippen molar-refractivity contribution in [2.45, 2.75) is 19.4 Å². The first kappa shape index (κ1) is 15.1. The number of aryl methyl sites for hydroxylation is 1. The minimum Gasteiger partial charge on any atom is -0.370 e. The standard InChI is InChI=1S/C16H17FN2O2S/c1-2-15-18-9-14(22-15)16(20)19-7-8-21-13(10-19)11-3-5-12(17)6-4-11/h3-6,9,13H,2,7-8,10H2,1H3/t13-/m1/s1. The molecule has 1 aliphatic heterocycles. The lowest BCUT2D eigenvalue weighted by Crippen LogP contribution is -2.42. The monoisotopic (exact) mass is 320 g/mol. The Bertz CT molecular complexity index is 656. The molecule has 0 aliphatic carbocycles. The van der Waals surface area contributed by atoms with Crippen LogP contribution in [0.1, 0.15) is 33.3 Å². The Morgan fingerprint density at radius 2 is 2.23 bits per heavy atom. The van der Waals surface area contributed by atoms with Crippen LogP contribution >= 0.6 is 11.3 Å². The van der Waals surface area contributed by atoms with Gasteiger partial charge in [-0.05, 0) is 24.1 Å². The smallest absolute Gasteiger partial charge is 0.265 e. The number of ether oxygens (including phenoxy) is 1. The fourth-order valence-electron chi connectivity index (χ4n) is 2.44. The second kappa shape index (κ2) is 6.54. The zero-order valence-corrected chi connectivity index (χ0v) is 13.1. The van der Waals surface area contributed by atoms with Crippen LogP contribution in [0.3, 0.4) is 0 Å². The van der Waals surface area contributed by atoms with Gasteiger partial charge < -0.3 is 9.64 Å². The molecule has 2 aromatic rings. The molecule has 1 saturated heterocycles. The fraction of sp³-hybridized carbons (Fsp3) is 0.375. The minimum absolute atomic E-state index is 0.00684. The molecule has 0 spiro atoms. The molecule has 1 aromatic carbocycles. The Morgan fingerprint density at radius 3 is 2.91 bits per heavy atom. The van der Waals surface area contributed by atoms with E-state index in [-0.39, 0.29) is 17.8 Å². The van der Waals surface area contributed by atoms with Crippen LogP contribution in [-0.4, -0.2) is 35.5 Å². The van der Waals surface area contributed by atoms with Crippen LogP contribution < -0.4 is 0 Å². The minimum atomic E-state index is -0.274. The molecule has 4 nitrogen and oxygen atoms in total. The maximum absolute atomic E-state index is 13.0. The predicted octanol–water partition coefficient (Wildman–Crippen LogP) is 3.06. The molecule has 2 heterocycles. The molecule has 1 amide bonds. The van der Waals surface area contributed by atoms with E-state index in [2.05, 4.69) is 4.98 Å². The van der Waals surface area contributed by atoms with Crippen LogP contribution in [-0.2, 0) is 11.2 Å². The number of amides is 1. The number of rotatable bonds is 3. The van der Waals surface area contributed by atoms with Gasteiger partial charge in [0.25, 0.3) is 5.91 Å². The van der Waals surface area contributed by atoms with E-state index in [1.54, 1.807) is 23.2 Å². The summed E-state index contributed by atoms with van der Waals surface area (Å²) in [6.07, 6.45) is 2.27. The lowest BCUT2D eigenvalue weighted by atomic mass is 10.1. The third-order valence-electron chi connectivity index (χ3n) is 3.66. The highest BCUT2D eigenvalue weighted by molar-refractivity contribution is 7.13. The molecular formula is C16H17FN2O2S. The summed E-state index contributed by atoms with van der Waals surface area (Å²) in [4.78, 5) is 19.2.